The summed E-state index contributed by atoms with van der Waals surface area (Å²) in [7, 11) is 0. The molecule has 2 aromatic heterocycles. The van der Waals surface area contributed by atoms with Gasteiger partial charge in [0.25, 0.3) is 0 Å². The van der Waals surface area contributed by atoms with Crippen molar-refractivity contribution in [3.05, 3.63) is 60.4 Å². The summed E-state index contributed by atoms with van der Waals surface area (Å²) in [6.07, 6.45) is 1.99. The number of benzene rings is 1. The second-order valence-electron chi connectivity index (χ2n) is 5.51. The van der Waals surface area contributed by atoms with E-state index in [0.717, 1.165) is 5.56 Å². The average Bonchev–Trinajstić information content (AvgIpc) is 3.35. The van der Waals surface area contributed by atoms with E-state index in [-0.39, 0.29) is 31.3 Å². The number of hydrogen-bond donors (Lipinski definition) is 2. The van der Waals surface area contributed by atoms with Gasteiger partial charge >= 0.3 is 0 Å². The zero-order valence-corrected chi connectivity index (χ0v) is 14.0. The standard InChI is InChI=1S/C18H18N4O4/c23-15(20-12-16(24)19-11-14-7-4-10-25-14)8-9-17-21-18(22-26-17)13-5-2-1-3-6-13/h1-7,10H,8-9,11-12H2,(H,19,24)(H,20,23). The van der Waals surface area contributed by atoms with Crippen LogP contribution < -0.4 is 10.6 Å². The summed E-state index contributed by atoms with van der Waals surface area (Å²) in [5.74, 6) is 0.950. The van der Waals surface area contributed by atoms with Crippen molar-refractivity contribution >= 4 is 11.8 Å². The summed E-state index contributed by atoms with van der Waals surface area (Å²) in [6, 6.07) is 12.9. The predicted molar refractivity (Wildman–Crippen MR) is 91.6 cm³/mol. The van der Waals surface area contributed by atoms with Gasteiger partial charge in [-0.25, -0.2) is 0 Å². The third kappa shape index (κ3) is 5.04. The summed E-state index contributed by atoms with van der Waals surface area (Å²) in [5, 5.41) is 9.09. The summed E-state index contributed by atoms with van der Waals surface area (Å²) < 4.78 is 10.2. The first-order chi connectivity index (χ1) is 12.7. The van der Waals surface area contributed by atoms with Crippen molar-refractivity contribution in [2.24, 2.45) is 0 Å². The van der Waals surface area contributed by atoms with Crippen LogP contribution in [-0.4, -0.2) is 28.5 Å². The fourth-order valence-electron chi connectivity index (χ4n) is 2.21. The molecule has 2 N–H and O–H groups in total. The van der Waals surface area contributed by atoms with Crippen LogP contribution in [0.25, 0.3) is 11.4 Å². The van der Waals surface area contributed by atoms with Gasteiger partial charge in [-0.2, -0.15) is 4.98 Å². The van der Waals surface area contributed by atoms with E-state index in [0.29, 0.717) is 23.9 Å². The van der Waals surface area contributed by atoms with Gasteiger partial charge in [0.05, 0.1) is 19.4 Å². The number of amides is 2. The zero-order valence-electron chi connectivity index (χ0n) is 14.0. The molecule has 0 radical (unpaired) electrons. The Labute approximate surface area is 149 Å². The molecular weight excluding hydrogens is 336 g/mol. The van der Waals surface area contributed by atoms with E-state index >= 15 is 0 Å². The molecule has 0 saturated carbocycles. The van der Waals surface area contributed by atoms with Gasteiger partial charge in [-0.05, 0) is 12.1 Å². The van der Waals surface area contributed by atoms with E-state index in [1.165, 1.54) is 6.26 Å². The van der Waals surface area contributed by atoms with Crippen molar-refractivity contribution in [3.8, 4) is 11.4 Å². The van der Waals surface area contributed by atoms with Crippen molar-refractivity contribution in [1.29, 1.82) is 0 Å². The number of rotatable bonds is 8. The summed E-state index contributed by atoms with van der Waals surface area (Å²) >= 11 is 0. The lowest BCUT2D eigenvalue weighted by molar-refractivity contribution is -0.126. The summed E-state index contributed by atoms with van der Waals surface area (Å²) in [4.78, 5) is 27.8. The molecule has 2 amide bonds. The number of furan rings is 1. The quantitative estimate of drug-likeness (QED) is 0.637. The highest BCUT2D eigenvalue weighted by Crippen LogP contribution is 2.15. The highest BCUT2D eigenvalue weighted by molar-refractivity contribution is 5.84. The number of nitrogens with zero attached hydrogens (tertiary/aromatic N) is 2. The normalized spacial score (nSPS) is 10.5. The first-order valence-electron chi connectivity index (χ1n) is 8.14. The lowest BCUT2D eigenvalue weighted by atomic mass is 10.2. The minimum Gasteiger partial charge on any atom is -0.467 e. The van der Waals surface area contributed by atoms with Crippen molar-refractivity contribution < 1.29 is 18.5 Å². The van der Waals surface area contributed by atoms with E-state index in [2.05, 4.69) is 20.8 Å². The van der Waals surface area contributed by atoms with E-state index in [9.17, 15) is 9.59 Å². The molecular formula is C18H18N4O4. The molecule has 0 bridgehead atoms. The highest BCUT2D eigenvalue weighted by atomic mass is 16.5. The highest BCUT2D eigenvalue weighted by Gasteiger charge is 2.11. The molecule has 0 aliphatic carbocycles. The van der Waals surface area contributed by atoms with Crippen LogP contribution in [0.15, 0.2) is 57.7 Å². The lowest BCUT2D eigenvalue weighted by Crippen LogP contribution is -2.36. The first-order valence-corrected chi connectivity index (χ1v) is 8.14. The van der Waals surface area contributed by atoms with Crippen LogP contribution in [0.1, 0.15) is 18.1 Å². The van der Waals surface area contributed by atoms with Crippen molar-refractivity contribution in [3.63, 3.8) is 0 Å². The largest absolute Gasteiger partial charge is 0.467 e. The molecule has 0 atom stereocenters. The Balaban J connectivity index is 1.37. The van der Waals surface area contributed by atoms with E-state index in [1.54, 1.807) is 12.1 Å². The monoisotopic (exact) mass is 354 g/mol. The molecule has 3 aromatic rings. The van der Waals surface area contributed by atoms with Crippen LogP contribution in [0, 0.1) is 0 Å². The average molecular weight is 354 g/mol. The number of carbonyl (C=O) groups is 2. The number of aryl methyl sites for hydroxylation is 1. The number of carbonyl (C=O) groups excluding carboxylic acids is 2. The molecule has 0 unspecified atom stereocenters. The molecule has 0 spiro atoms. The van der Waals surface area contributed by atoms with Crippen LogP contribution >= 0.6 is 0 Å². The van der Waals surface area contributed by atoms with Gasteiger partial charge in [0.15, 0.2) is 0 Å². The molecule has 0 fully saturated rings. The maximum atomic E-state index is 11.8. The molecule has 2 heterocycles. The van der Waals surface area contributed by atoms with Crippen molar-refractivity contribution in [2.45, 2.75) is 19.4 Å². The second-order valence-corrected chi connectivity index (χ2v) is 5.51. The Morgan fingerprint density at radius 3 is 2.62 bits per heavy atom. The van der Waals surface area contributed by atoms with Gasteiger partial charge in [0.1, 0.15) is 5.76 Å². The maximum absolute atomic E-state index is 11.8. The van der Waals surface area contributed by atoms with Crippen LogP contribution in [0.4, 0.5) is 0 Å². The summed E-state index contributed by atoms with van der Waals surface area (Å²) in [6.45, 7) is 0.185. The third-order valence-electron chi connectivity index (χ3n) is 3.55. The molecule has 26 heavy (non-hydrogen) atoms. The molecule has 0 aliphatic rings. The Hall–Kier alpha value is -3.42. The molecule has 8 heteroatoms. The van der Waals surface area contributed by atoms with Gasteiger partial charge in [-0.3, -0.25) is 9.59 Å². The molecule has 8 nitrogen and oxygen atoms in total. The second kappa shape index (κ2) is 8.61. The van der Waals surface area contributed by atoms with Crippen LogP contribution in [-0.2, 0) is 22.6 Å². The number of hydrogen-bond acceptors (Lipinski definition) is 6. The van der Waals surface area contributed by atoms with E-state index in [4.69, 9.17) is 8.94 Å². The Morgan fingerprint density at radius 1 is 1.00 bits per heavy atom. The van der Waals surface area contributed by atoms with Gasteiger partial charge in [0.2, 0.25) is 23.5 Å². The minimum absolute atomic E-state index is 0.0986. The maximum Gasteiger partial charge on any atom is 0.239 e. The number of nitrogens with one attached hydrogen (secondary N) is 2. The molecule has 1 aromatic carbocycles. The third-order valence-corrected chi connectivity index (χ3v) is 3.55. The Kier molecular flexibility index (Phi) is 5.76. The lowest BCUT2D eigenvalue weighted by Gasteiger charge is -2.05. The van der Waals surface area contributed by atoms with Gasteiger partial charge in [0, 0.05) is 18.4 Å². The molecule has 0 saturated heterocycles. The van der Waals surface area contributed by atoms with Gasteiger partial charge in [-0.1, -0.05) is 35.5 Å². The molecule has 0 aliphatic heterocycles. The van der Waals surface area contributed by atoms with Gasteiger partial charge in [-0.15, -0.1) is 0 Å². The van der Waals surface area contributed by atoms with Gasteiger partial charge < -0.3 is 19.6 Å². The zero-order chi connectivity index (χ0) is 18.2. The predicted octanol–water partition coefficient (Wildman–Crippen LogP) is 1.69. The van der Waals surface area contributed by atoms with Crippen molar-refractivity contribution in [1.82, 2.24) is 20.8 Å². The topological polar surface area (TPSA) is 110 Å². The fourth-order valence-corrected chi connectivity index (χ4v) is 2.21. The summed E-state index contributed by atoms with van der Waals surface area (Å²) in [5.41, 5.74) is 0.847. The van der Waals surface area contributed by atoms with Crippen LogP contribution in [0.3, 0.4) is 0 Å². The van der Waals surface area contributed by atoms with Crippen LogP contribution in [0.5, 0.6) is 0 Å². The van der Waals surface area contributed by atoms with Crippen LogP contribution in [0.2, 0.25) is 0 Å². The Bertz CT molecular complexity index is 843. The number of aromatic nitrogens is 2. The SMILES string of the molecule is O=C(CCc1nc(-c2ccccc2)no1)NCC(=O)NCc1ccco1. The molecule has 134 valence electrons. The van der Waals surface area contributed by atoms with E-state index in [1.807, 2.05) is 30.3 Å². The van der Waals surface area contributed by atoms with E-state index < -0.39 is 0 Å². The first kappa shape index (κ1) is 17.4. The fraction of sp³-hybridized carbons (Fsp3) is 0.222. The van der Waals surface area contributed by atoms with Crippen molar-refractivity contribution in [2.75, 3.05) is 6.54 Å². The Morgan fingerprint density at radius 2 is 1.85 bits per heavy atom. The molecule has 3 rings (SSSR count). The smallest absolute Gasteiger partial charge is 0.239 e. The minimum atomic E-state index is -0.293.